The normalized spacial score (nSPS) is 20.8. The van der Waals surface area contributed by atoms with E-state index >= 15 is 0 Å². The van der Waals surface area contributed by atoms with Gasteiger partial charge in [0.05, 0.1) is 24.9 Å². The van der Waals surface area contributed by atoms with Crippen molar-refractivity contribution in [2.45, 2.75) is 26.2 Å². The number of ether oxygens (including phenoxy) is 1. The molecule has 2 fully saturated rings. The van der Waals surface area contributed by atoms with Gasteiger partial charge in [0.1, 0.15) is 0 Å². The van der Waals surface area contributed by atoms with E-state index < -0.39 is 5.41 Å². The largest absolute Gasteiger partial charge is 0.379 e. The van der Waals surface area contributed by atoms with E-state index in [1.807, 2.05) is 58.5 Å². The molecule has 0 unspecified atom stereocenters. The molecule has 0 radical (unpaired) electrons. The summed E-state index contributed by atoms with van der Waals surface area (Å²) >= 11 is 0. The Labute approximate surface area is 200 Å². The van der Waals surface area contributed by atoms with Gasteiger partial charge in [0, 0.05) is 48.5 Å². The SMILES string of the molecule is CC1(C(=O)N2CCOC[C@H](Cc3cccc4[nH]ncc34)C2)CCN(C(=O)c2ccccc2)CC1. The molecule has 1 atom stereocenters. The zero-order chi connectivity index (χ0) is 23.5. The number of rotatable bonds is 4. The number of fused-ring (bicyclic) bond motifs is 1. The van der Waals surface area contributed by atoms with Gasteiger partial charge in [-0.1, -0.05) is 37.3 Å². The molecule has 0 saturated carbocycles. The Hall–Kier alpha value is -3.19. The molecular weight excluding hydrogens is 428 g/mol. The monoisotopic (exact) mass is 460 g/mol. The number of H-pyrrole nitrogens is 1. The molecule has 3 heterocycles. The number of aromatic amines is 1. The first-order chi connectivity index (χ1) is 16.5. The predicted octanol–water partition coefficient (Wildman–Crippen LogP) is 3.52. The summed E-state index contributed by atoms with van der Waals surface area (Å²) in [6.45, 7) is 5.79. The van der Waals surface area contributed by atoms with Crippen molar-refractivity contribution < 1.29 is 14.3 Å². The summed E-state index contributed by atoms with van der Waals surface area (Å²) in [6, 6.07) is 15.6. The predicted molar refractivity (Wildman–Crippen MR) is 130 cm³/mol. The van der Waals surface area contributed by atoms with Crippen LogP contribution >= 0.6 is 0 Å². The summed E-state index contributed by atoms with van der Waals surface area (Å²) in [6.07, 6.45) is 4.08. The van der Waals surface area contributed by atoms with Gasteiger partial charge in [0.25, 0.3) is 5.91 Å². The van der Waals surface area contributed by atoms with Crippen molar-refractivity contribution in [3.63, 3.8) is 0 Å². The van der Waals surface area contributed by atoms with Crippen LogP contribution in [0, 0.1) is 11.3 Å². The van der Waals surface area contributed by atoms with E-state index in [4.69, 9.17) is 4.74 Å². The third-order valence-electron chi connectivity index (χ3n) is 7.40. The van der Waals surface area contributed by atoms with Gasteiger partial charge < -0.3 is 14.5 Å². The molecule has 2 saturated heterocycles. The molecule has 2 aliphatic rings. The maximum Gasteiger partial charge on any atom is 0.253 e. The molecular formula is C27H32N4O3. The van der Waals surface area contributed by atoms with Crippen LogP contribution in [0.15, 0.2) is 54.7 Å². The molecule has 1 aromatic heterocycles. The Kier molecular flexibility index (Phi) is 6.37. The first kappa shape index (κ1) is 22.6. The summed E-state index contributed by atoms with van der Waals surface area (Å²) in [7, 11) is 0. The summed E-state index contributed by atoms with van der Waals surface area (Å²) in [4.78, 5) is 30.4. The number of nitrogens with one attached hydrogen (secondary N) is 1. The number of hydrogen-bond acceptors (Lipinski definition) is 4. The lowest BCUT2D eigenvalue weighted by atomic mass is 9.78. The van der Waals surface area contributed by atoms with E-state index in [0.717, 1.165) is 17.3 Å². The zero-order valence-electron chi connectivity index (χ0n) is 19.7. The van der Waals surface area contributed by atoms with Gasteiger partial charge in [-0.3, -0.25) is 14.7 Å². The lowest BCUT2D eigenvalue weighted by Crippen LogP contribution is -2.51. The molecule has 1 N–H and O–H groups in total. The Bertz CT molecular complexity index is 1150. The number of amides is 2. The van der Waals surface area contributed by atoms with Gasteiger partial charge in [0.15, 0.2) is 0 Å². The van der Waals surface area contributed by atoms with Gasteiger partial charge in [-0.05, 0) is 43.0 Å². The average molecular weight is 461 g/mol. The third-order valence-corrected chi connectivity index (χ3v) is 7.40. The summed E-state index contributed by atoms with van der Waals surface area (Å²) < 4.78 is 5.90. The Balaban J connectivity index is 1.23. The fourth-order valence-corrected chi connectivity index (χ4v) is 5.27. The highest BCUT2D eigenvalue weighted by molar-refractivity contribution is 5.94. The fraction of sp³-hybridized carbons (Fsp3) is 0.444. The van der Waals surface area contributed by atoms with E-state index in [-0.39, 0.29) is 17.7 Å². The molecule has 34 heavy (non-hydrogen) atoms. The van der Waals surface area contributed by atoms with Crippen LogP contribution in [0.25, 0.3) is 10.9 Å². The molecule has 2 aliphatic heterocycles. The topological polar surface area (TPSA) is 78.5 Å². The van der Waals surface area contributed by atoms with Crippen LogP contribution in [-0.2, 0) is 16.0 Å². The van der Waals surface area contributed by atoms with Crippen molar-refractivity contribution in [1.82, 2.24) is 20.0 Å². The second-order valence-corrected chi connectivity index (χ2v) is 9.86. The van der Waals surface area contributed by atoms with Crippen molar-refractivity contribution in [3.8, 4) is 0 Å². The molecule has 0 bridgehead atoms. The summed E-state index contributed by atoms with van der Waals surface area (Å²) in [5.41, 5.74) is 2.52. The van der Waals surface area contributed by atoms with E-state index in [9.17, 15) is 9.59 Å². The van der Waals surface area contributed by atoms with Gasteiger partial charge in [-0.15, -0.1) is 0 Å². The number of hydrogen-bond donors (Lipinski definition) is 1. The molecule has 7 nitrogen and oxygen atoms in total. The number of carbonyl (C=O) groups excluding carboxylic acids is 2. The van der Waals surface area contributed by atoms with Crippen molar-refractivity contribution >= 4 is 22.7 Å². The van der Waals surface area contributed by atoms with Crippen LogP contribution in [0.2, 0.25) is 0 Å². The van der Waals surface area contributed by atoms with Gasteiger partial charge in [-0.25, -0.2) is 0 Å². The average Bonchev–Trinajstić information content (AvgIpc) is 3.24. The Morgan fingerprint density at radius 3 is 2.65 bits per heavy atom. The highest BCUT2D eigenvalue weighted by Gasteiger charge is 2.41. The van der Waals surface area contributed by atoms with Crippen LogP contribution in [0.4, 0.5) is 0 Å². The number of carbonyl (C=O) groups is 2. The van der Waals surface area contributed by atoms with Crippen molar-refractivity contribution in [2.24, 2.45) is 11.3 Å². The number of benzene rings is 2. The molecule has 178 valence electrons. The van der Waals surface area contributed by atoms with Crippen LogP contribution < -0.4 is 0 Å². The molecule has 0 aliphatic carbocycles. The maximum absolute atomic E-state index is 13.7. The van der Waals surface area contributed by atoms with Crippen molar-refractivity contribution in [3.05, 3.63) is 65.9 Å². The first-order valence-corrected chi connectivity index (χ1v) is 12.2. The number of aromatic nitrogens is 2. The minimum absolute atomic E-state index is 0.0479. The smallest absolute Gasteiger partial charge is 0.253 e. The molecule has 2 amide bonds. The molecule has 7 heteroatoms. The quantitative estimate of drug-likeness (QED) is 0.646. The zero-order valence-corrected chi connectivity index (χ0v) is 19.7. The van der Waals surface area contributed by atoms with Crippen LogP contribution in [0.5, 0.6) is 0 Å². The minimum atomic E-state index is -0.451. The third kappa shape index (κ3) is 4.57. The highest BCUT2D eigenvalue weighted by atomic mass is 16.5. The summed E-state index contributed by atoms with van der Waals surface area (Å²) in [5.74, 6) is 0.471. The molecule has 0 spiro atoms. The number of nitrogens with zero attached hydrogens (tertiary/aromatic N) is 3. The van der Waals surface area contributed by atoms with Crippen molar-refractivity contribution in [1.29, 1.82) is 0 Å². The molecule has 2 aromatic carbocycles. The second-order valence-electron chi connectivity index (χ2n) is 9.86. The molecule has 5 rings (SSSR count). The molecule has 3 aromatic rings. The van der Waals surface area contributed by atoms with Gasteiger partial charge in [0.2, 0.25) is 5.91 Å². The van der Waals surface area contributed by atoms with Crippen LogP contribution in [0.1, 0.15) is 35.7 Å². The van der Waals surface area contributed by atoms with Gasteiger partial charge >= 0.3 is 0 Å². The Morgan fingerprint density at radius 2 is 1.85 bits per heavy atom. The van der Waals surface area contributed by atoms with E-state index in [1.165, 1.54) is 5.56 Å². The minimum Gasteiger partial charge on any atom is -0.379 e. The maximum atomic E-state index is 13.7. The second kappa shape index (κ2) is 9.58. The highest BCUT2D eigenvalue weighted by Crippen LogP contribution is 2.34. The fourth-order valence-electron chi connectivity index (χ4n) is 5.27. The van der Waals surface area contributed by atoms with E-state index in [1.54, 1.807) is 0 Å². The van der Waals surface area contributed by atoms with Crippen molar-refractivity contribution in [2.75, 3.05) is 39.4 Å². The summed E-state index contributed by atoms with van der Waals surface area (Å²) in [5, 5.41) is 8.34. The lowest BCUT2D eigenvalue weighted by Gasteiger charge is -2.41. The van der Waals surface area contributed by atoms with E-state index in [0.29, 0.717) is 57.8 Å². The van der Waals surface area contributed by atoms with E-state index in [2.05, 4.69) is 23.2 Å². The Morgan fingerprint density at radius 1 is 1.06 bits per heavy atom. The lowest BCUT2D eigenvalue weighted by molar-refractivity contribution is -0.144. The number of piperidine rings is 1. The van der Waals surface area contributed by atoms with Gasteiger partial charge in [-0.2, -0.15) is 5.10 Å². The van der Waals surface area contributed by atoms with Crippen LogP contribution in [0.3, 0.4) is 0 Å². The standard InChI is InChI=1S/C27H32N4O3/c1-27(10-12-30(13-11-27)25(32)21-6-3-2-4-7-21)26(33)31-14-15-34-19-20(18-31)16-22-8-5-9-24-23(22)17-28-29-24/h2-9,17,20H,10-16,18-19H2,1H3,(H,28,29)/t20-/m1/s1. The number of likely N-dealkylation sites (tertiary alicyclic amines) is 1. The van der Waals surface area contributed by atoms with Crippen LogP contribution in [-0.4, -0.2) is 71.2 Å². The first-order valence-electron chi connectivity index (χ1n) is 12.2.